The smallest absolute Gasteiger partial charge is 0.0964 e. The van der Waals surface area contributed by atoms with E-state index in [0.717, 1.165) is 23.1 Å². The molecule has 1 atom stereocenters. The number of hydrogen-bond donors (Lipinski definition) is 1. The van der Waals surface area contributed by atoms with Crippen LogP contribution in [0.4, 0.5) is 5.69 Å². The Morgan fingerprint density at radius 2 is 2.28 bits per heavy atom. The van der Waals surface area contributed by atoms with Gasteiger partial charge in [-0.25, -0.2) is 4.98 Å². The summed E-state index contributed by atoms with van der Waals surface area (Å²) >= 11 is 1.79. The van der Waals surface area contributed by atoms with Crippen molar-refractivity contribution in [2.24, 2.45) is 0 Å². The first-order chi connectivity index (χ1) is 8.79. The molecule has 0 amide bonds. The van der Waals surface area contributed by atoms with Crippen molar-refractivity contribution >= 4 is 28.1 Å². The van der Waals surface area contributed by atoms with Crippen LogP contribution in [0.5, 0.6) is 0 Å². The predicted octanol–water partition coefficient (Wildman–Crippen LogP) is 3.68. The monoisotopic (exact) mass is 257 g/mol. The molecule has 3 nitrogen and oxygen atoms in total. The van der Waals surface area contributed by atoms with Crippen LogP contribution >= 0.6 is 11.3 Å². The van der Waals surface area contributed by atoms with Gasteiger partial charge in [0.05, 0.1) is 23.4 Å². The lowest BCUT2D eigenvalue weighted by atomic mass is 10.1. The van der Waals surface area contributed by atoms with Gasteiger partial charge in [0.15, 0.2) is 0 Å². The lowest BCUT2D eigenvalue weighted by Crippen LogP contribution is -2.06. The minimum atomic E-state index is 0.360. The Bertz CT molecular complexity index is 655. The van der Waals surface area contributed by atoms with Gasteiger partial charge >= 0.3 is 0 Å². The van der Waals surface area contributed by atoms with E-state index in [2.05, 4.69) is 34.0 Å². The molecule has 0 aliphatic heterocycles. The topological polar surface area (TPSA) is 43.8 Å². The van der Waals surface area contributed by atoms with Crippen LogP contribution in [0.15, 0.2) is 42.0 Å². The molecule has 1 unspecified atom stereocenters. The molecule has 3 rings (SSSR count). The maximum absolute atomic E-state index is 5.79. The fraction of sp³-hybridized carbons (Fsp3) is 0.214. The van der Waals surface area contributed by atoms with Crippen LogP contribution in [0.1, 0.15) is 24.3 Å². The third kappa shape index (κ3) is 1.78. The maximum Gasteiger partial charge on any atom is 0.0964 e. The summed E-state index contributed by atoms with van der Waals surface area (Å²) in [7, 11) is 0. The second-order valence-electron chi connectivity index (χ2n) is 4.34. The van der Waals surface area contributed by atoms with Crippen molar-refractivity contribution in [3.63, 3.8) is 0 Å². The van der Waals surface area contributed by atoms with Crippen LogP contribution in [0, 0.1) is 0 Å². The summed E-state index contributed by atoms with van der Waals surface area (Å²) in [6.07, 6.45) is 2.97. The van der Waals surface area contributed by atoms with Gasteiger partial charge in [0.1, 0.15) is 0 Å². The van der Waals surface area contributed by atoms with Gasteiger partial charge in [-0.05, 0) is 36.1 Å². The molecule has 0 fully saturated rings. The van der Waals surface area contributed by atoms with Crippen LogP contribution < -0.4 is 5.73 Å². The number of fused-ring (bicyclic) bond motifs is 1. The quantitative estimate of drug-likeness (QED) is 0.727. The molecule has 2 heterocycles. The molecule has 0 aliphatic carbocycles. The minimum Gasteiger partial charge on any atom is -0.399 e. The Morgan fingerprint density at radius 3 is 3.00 bits per heavy atom. The predicted molar refractivity (Wildman–Crippen MR) is 76.9 cm³/mol. The zero-order valence-corrected chi connectivity index (χ0v) is 11.0. The zero-order valence-electron chi connectivity index (χ0n) is 10.2. The zero-order chi connectivity index (χ0) is 12.5. The number of anilines is 1. The number of nitrogen functional groups attached to an aromatic ring is 1. The molecule has 0 radical (unpaired) electrons. The molecule has 4 heteroatoms. The van der Waals surface area contributed by atoms with Crippen molar-refractivity contribution in [3.8, 4) is 0 Å². The molecule has 0 bridgehead atoms. The van der Waals surface area contributed by atoms with Crippen LogP contribution in [-0.2, 0) is 0 Å². The van der Waals surface area contributed by atoms with E-state index in [1.165, 1.54) is 4.88 Å². The van der Waals surface area contributed by atoms with Gasteiger partial charge in [0, 0.05) is 10.6 Å². The number of benzene rings is 1. The lowest BCUT2D eigenvalue weighted by molar-refractivity contribution is 0.591. The van der Waals surface area contributed by atoms with Gasteiger partial charge in [-0.15, -0.1) is 11.3 Å². The second kappa shape index (κ2) is 4.46. The van der Waals surface area contributed by atoms with Gasteiger partial charge in [0.2, 0.25) is 0 Å². The molecule has 2 aromatic heterocycles. The summed E-state index contributed by atoms with van der Waals surface area (Å²) in [5, 5.41) is 2.12. The van der Waals surface area contributed by atoms with Crippen LogP contribution in [0.3, 0.4) is 0 Å². The van der Waals surface area contributed by atoms with Gasteiger partial charge < -0.3 is 10.3 Å². The molecule has 0 aliphatic rings. The Labute approximate surface area is 110 Å². The summed E-state index contributed by atoms with van der Waals surface area (Å²) in [6, 6.07) is 10.5. The molecule has 0 saturated carbocycles. The number of rotatable bonds is 3. The van der Waals surface area contributed by atoms with E-state index < -0.39 is 0 Å². The van der Waals surface area contributed by atoms with Crippen LogP contribution in [0.2, 0.25) is 0 Å². The SMILES string of the molecule is CCC(c1cccs1)n1cnc2cc(N)ccc21. The number of nitrogens with zero attached hydrogens (tertiary/aromatic N) is 2. The van der Waals surface area contributed by atoms with Crippen molar-refractivity contribution in [1.82, 2.24) is 9.55 Å². The highest BCUT2D eigenvalue weighted by atomic mass is 32.1. The Balaban J connectivity index is 2.13. The average Bonchev–Trinajstić information content (AvgIpc) is 3.00. The number of thiophene rings is 1. The van der Waals surface area contributed by atoms with E-state index in [4.69, 9.17) is 5.73 Å². The van der Waals surface area contributed by atoms with Crippen LogP contribution in [0.25, 0.3) is 11.0 Å². The third-order valence-corrected chi connectivity index (χ3v) is 4.17. The first-order valence-corrected chi connectivity index (χ1v) is 6.93. The van der Waals surface area contributed by atoms with E-state index in [1.54, 1.807) is 11.3 Å². The van der Waals surface area contributed by atoms with E-state index in [9.17, 15) is 0 Å². The standard InChI is InChI=1S/C14H15N3S/c1-2-12(14-4-3-7-18-14)17-9-16-11-8-10(15)5-6-13(11)17/h3-9,12H,2,15H2,1H3. The molecule has 0 saturated heterocycles. The highest BCUT2D eigenvalue weighted by Gasteiger charge is 2.15. The molecule has 2 N–H and O–H groups in total. The lowest BCUT2D eigenvalue weighted by Gasteiger charge is -2.16. The number of nitrogens with two attached hydrogens (primary N) is 1. The van der Waals surface area contributed by atoms with Crippen molar-refractivity contribution in [3.05, 3.63) is 46.9 Å². The van der Waals surface area contributed by atoms with Crippen molar-refractivity contribution in [2.45, 2.75) is 19.4 Å². The van der Waals surface area contributed by atoms with E-state index in [1.807, 2.05) is 24.5 Å². The number of hydrogen-bond acceptors (Lipinski definition) is 3. The summed E-state index contributed by atoms with van der Waals surface area (Å²) in [4.78, 5) is 5.81. The van der Waals surface area contributed by atoms with E-state index >= 15 is 0 Å². The Hall–Kier alpha value is -1.81. The normalized spacial score (nSPS) is 12.9. The minimum absolute atomic E-state index is 0.360. The first kappa shape index (κ1) is 11.3. The van der Waals surface area contributed by atoms with E-state index in [-0.39, 0.29) is 0 Å². The molecule has 3 aromatic rings. The van der Waals surface area contributed by atoms with Crippen molar-refractivity contribution in [1.29, 1.82) is 0 Å². The number of imidazole rings is 1. The summed E-state index contributed by atoms with van der Waals surface area (Å²) < 4.78 is 2.24. The first-order valence-electron chi connectivity index (χ1n) is 6.05. The van der Waals surface area contributed by atoms with Gasteiger partial charge in [-0.2, -0.15) is 0 Å². The summed E-state index contributed by atoms with van der Waals surface area (Å²) in [5.74, 6) is 0. The van der Waals surface area contributed by atoms with Crippen molar-refractivity contribution in [2.75, 3.05) is 5.73 Å². The Morgan fingerprint density at radius 1 is 1.39 bits per heavy atom. The maximum atomic E-state index is 5.79. The fourth-order valence-electron chi connectivity index (χ4n) is 2.31. The molecular weight excluding hydrogens is 242 g/mol. The fourth-order valence-corrected chi connectivity index (χ4v) is 3.22. The molecule has 18 heavy (non-hydrogen) atoms. The highest BCUT2D eigenvalue weighted by Crippen LogP contribution is 2.29. The molecule has 0 spiro atoms. The average molecular weight is 257 g/mol. The van der Waals surface area contributed by atoms with Gasteiger partial charge in [-0.3, -0.25) is 0 Å². The highest BCUT2D eigenvalue weighted by molar-refractivity contribution is 7.10. The third-order valence-electron chi connectivity index (χ3n) is 3.19. The Kier molecular flexibility index (Phi) is 2.80. The van der Waals surface area contributed by atoms with E-state index in [0.29, 0.717) is 6.04 Å². The second-order valence-corrected chi connectivity index (χ2v) is 5.32. The van der Waals surface area contributed by atoms with Crippen molar-refractivity contribution < 1.29 is 0 Å². The van der Waals surface area contributed by atoms with Gasteiger partial charge in [-0.1, -0.05) is 13.0 Å². The van der Waals surface area contributed by atoms with Gasteiger partial charge in [0.25, 0.3) is 0 Å². The summed E-state index contributed by atoms with van der Waals surface area (Å²) in [5.41, 5.74) is 8.66. The number of aromatic nitrogens is 2. The summed E-state index contributed by atoms with van der Waals surface area (Å²) in [6.45, 7) is 2.20. The van der Waals surface area contributed by atoms with Crippen LogP contribution in [-0.4, -0.2) is 9.55 Å². The molecule has 92 valence electrons. The molecule has 1 aromatic carbocycles. The largest absolute Gasteiger partial charge is 0.399 e. The molecular formula is C14H15N3S.